The molecule has 3 nitrogen and oxygen atoms in total. The van der Waals surface area contributed by atoms with Crippen molar-refractivity contribution in [2.24, 2.45) is 0 Å². The largest absolute Gasteiger partial charge is 0.208 e. The van der Waals surface area contributed by atoms with Crippen molar-refractivity contribution in [1.82, 2.24) is 15.0 Å². The summed E-state index contributed by atoms with van der Waals surface area (Å²) in [7, 11) is 0. The van der Waals surface area contributed by atoms with Crippen LogP contribution >= 0.6 is 0 Å². The van der Waals surface area contributed by atoms with E-state index in [9.17, 15) is 0 Å². The monoisotopic (exact) mass is 515 g/mol. The maximum atomic E-state index is 5.02. The van der Waals surface area contributed by atoms with Gasteiger partial charge in [-0.05, 0) is 46.4 Å². The molecular formula is C37H29N3. The summed E-state index contributed by atoms with van der Waals surface area (Å²) >= 11 is 0. The van der Waals surface area contributed by atoms with Crippen LogP contribution in [0.5, 0.6) is 0 Å². The van der Waals surface area contributed by atoms with Crippen molar-refractivity contribution in [3.63, 3.8) is 0 Å². The predicted molar refractivity (Wildman–Crippen MR) is 164 cm³/mol. The molecule has 6 aromatic rings. The van der Waals surface area contributed by atoms with E-state index >= 15 is 0 Å². The van der Waals surface area contributed by atoms with Gasteiger partial charge in [-0.1, -0.05) is 135 Å². The number of nitrogens with zero attached hydrogens (tertiary/aromatic N) is 3. The summed E-state index contributed by atoms with van der Waals surface area (Å²) in [6, 6.07) is 42.4. The number of aryl methyl sites for hydroxylation is 1. The number of fused-ring (bicyclic) bond motifs is 3. The molecule has 0 saturated heterocycles. The summed E-state index contributed by atoms with van der Waals surface area (Å²) < 4.78 is 0. The highest BCUT2D eigenvalue weighted by molar-refractivity contribution is 5.83. The fraction of sp³-hybridized carbons (Fsp3) is 0.108. The lowest BCUT2D eigenvalue weighted by Crippen LogP contribution is -2.15. The average molecular weight is 516 g/mol. The molecule has 0 radical (unpaired) electrons. The number of rotatable bonds is 4. The molecule has 0 aliphatic heterocycles. The third kappa shape index (κ3) is 4.11. The van der Waals surface area contributed by atoms with E-state index in [1.54, 1.807) is 0 Å². The topological polar surface area (TPSA) is 38.7 Å². The standard InChI is InChI=1S/C37H29N3/c1-24-14-20-30-31-21-19-29(23-33(31)37(2,3)32(30)22-24)36-39-34(27-12-8-5-9-13-27)38-35(40-36)28-17-15-26(16-18-28)25-10-6-4-7-11-25/h4-23H,1-3H3. The lowest BCUT2D eigenvalue weighted by molar-refractivity contribution is 0.660. The van der Waals surface area contributed by atoms with E-state index in [1.807, 2.05) is 36.4 Å². The zero-order chi connectivity index (χ0) is 27.3. The van der Waals surface area contributed by atoms with Crippen molar-refractivity contribution >= 4 is 0 Å². The summed E-state index contributed by atoms with van der Waals surface area (Å²) in [5, 5.41) is 0. The number of benzene rings is 5. The normalized spacial score (nSPS) is 13.1. The highest BCUT2D eigenvalue weighted by atomic mass is 15.0. The molecule has 0 saturated carbocycles. The molecule has 0 spiro atoms. The average Bonchev–Trinajstić information content (AvgIpc) is 3.23. The Morgan fingerprint density at radius 3 is 1.48 bits per heavy atom. The van der Waals surface area contributed by atoms with Gasteiger partial charge in [-0.15, -0.1) is 0 Å². The third-order valence-electron chi connectivity index (χ3n) is 8.01. The second-order valence-electron chi connectivity index (χ2n) is 11.1. The van der Waals surface area contributed by atoms with Crippen LogP contribution in [0.25, 0.3) is 56.4 Å². The Morgan fingerprint density at radius 1 is 0.425 bits per heavy atom. The summed E-state index contributed by atoms with van der Waals surface area (Å²) in [4.78, 5) is 14.9. The van der Waals surface area contributed by atoms with Crippen molar-refractivity contribution in [3.8, 4) is 56.4 Å². The van der Waals surface area contributed by atoms with Gasteiger partial charge in [-0.25, -0.2) is 15.0 Å². The lowest BCUT2D eigenvalue weighted by Gasteiger charge is -2.22. The fourth-order valence-corrected chi connectivity index (χ4v) is 5.78. The maximum absolute atomic E-state index is 5.02. The Balaban J connectivity index is 1.35. The van der Waals surface area contributed by atoms with Crippen LogP contribution < -0.4 is 0 Å². The zero-order valence-corrected chi connectivity index (χ0v) is 22.9. The Labute approximate surface area is 235 Å². The van der Waals surface area contributed by atoms with Crippen LogP contribution in [0.2, 0.25) is 0 Å². The van der Waals surface area contributed by atoms with E-state index in [4.69, 9.17) is 15.0 Å². The molecule has 0 bridgehead atoms. The minimum Gasteiger partial charge on any atom is -0.208 e. The van der Waals surface area contributed by atoms with Crippen LogP contribution in [0.4, 0.5) is 0 Å². The Kier molecular flexibility index (Phi) is 5.67. The van der Waals surface area contributed by atoms with Crippen molar-refractivity contribution < 1.29 is 0 Å². The molecule has 0 N–H and O–H groups in total. The van der Waals surface area contributed by atoms with Gasteiger partial charge in [-0.2, -0.15) is 0 Å². The van der Waals surface area contributed by atoms with Gasteiger partial charge in [0, 0.05) is 22.1 Å². The molecule has 192 valence electrons. The molecule has 5 aromatic carbocycles. The first kappa shape index (κ1) is 24.2. The van der Waals surface area contributed by atoms with Crippen molar-refractivity contribution in [1.29, 1.82) is 0 Å². The smallest absolute Gasteiger partial charge is 0.164 e. The molecule has 0 fully saturated rings. The van der Waals surface area contributed by atoms with E-state index in [0.717, 1.165) is 22.3 Å². The SMILES string of the molecule is Cc1ccc2c(c1)C(C)(C)c1cc(-c3nc(-c4ccccc4)nc(-c4ccc(-c5ccccc5)cc4)n3)ccc1-2. The predicted octanol–water partition coefficient (Wildman–Crippen LogP) is 9.15. The van der Waals surface area contributed by atoms with Gasteiger partial charge >= 0.3 is 0 Å². The molecule has 40 heavy (non-hydrogen) atoms. The van der Waals surface area contributed by atoms with E-state index in [1.165, 1.54) is 33.4 Å². The number of aromatic nitrogens is 3. The third-order valence-corrected chi connectivity index (χ3v) is 8.01. The van der Waals surface area contributed by atoms with Gasteiger partial charge in [0.2, 0.25) is 0 Å². The lowest BCUT2D eigenvalue weighted by atomic mass is 9.81. The van der Waals surface area contributed by atoms with Crippen LogP contribution in [0.1, 0.15) is 30.5 Å². The van der Waals surface area contributed by atoms with Crippen LogP contribution in [0.3, 0.4) is 0 Å². The van der Waals surface area contributed by atoms with Gasteiger partial charge in [0.15, 0.2) is 17.5 Å². The summed E-state index contributed by atoms with van der Waals surface area (Å²) in [6.07, 6.45) is 0. The Hall–Kier alpha value is -4.89. The molecule has 1 aromatic heterocycles. The second-order valence-corrected chi connectivity index (χ2v) is 11.1. The highest BCUT2D eigenvalue weighted by Gasteiger charge is 2.35. The van der Waals surface area contributed by atoms with Crippen LogP contribution in [-0.2, 0) is 5.41 Å². The van der Waals surface area contributed by atoms with Crippen molar-refractivity contribution in [2.45, 2.75) is 26.2 Å². The van der Waals surface area contributed by atoms with Gasteiger partial charge in [0.05, 0.1) is 0 Å². The molecule has 1 aliphatic carbocycles. The van der Waals surface area contributed by atoms with Crippen molar-refractivity contribution in [3.05, 3.63) is 138 Å². The molecule has 1 aliphatic rings. The van der Waals surface area contributed by atoms with E-state index < -0.39 is 0 Å². The van der Waals surface area contributed by atoms with Crippen LogP contribution in [-0.4, -0.2) is 15.0 Å². The van der Waals surface area contributed by atoms with Crippen LogP contribution in [0.15, 0.2) is 121 Å². The fourth-order valence-electron chi connectivity index (χ4n) is 5.78. The first-order valence-corrected chi connectivity index (χ1v) is 13.7. The zero-order valence-electron chi connectivity index (χ0n) is 22.9. The Morgan fingerprint density at radius 2 is 0.850 bits per heavy atom. The Bertz CT molecular complexity index is 1850. The highest BCUT2D eigenvalue weighted by Crippen LogP contribution is 2.49. The molecule has 0 unspecified atom stereocenters. The maximum Gasteiger partial charge on any atom is 0.164 e. The van der Waals surface area contributed by atoms with Crippen molar-refractivity contribution in [2.75, 3.05) is 0 Å². The number of hydrogen-bond acceptors (Lipinski definition) is 3. The van der Waals surface area contributed by atoms with E-state index in [0.29, 0.717) is 17.5 Å². The van der Waals surface area contributed by atoms with Gasteiger partial charge in [-0.3, -0.25) is 0 Å². The van der Waals surface area contributed by atoms with Gasteiger partial charge < -0.3 is 0 Å². The summed E-state index contributed by atoms with van der Waals surface area (Å²) in [5.74, 6) is 2.02. The minimum absolute atomic E-state index is 0.0991. The second kappa shape index (κ2) is 9.39. The quantitative estimate of drug-likeness (QED) is 0.235. The molecular weight excluding hydrogens is 486 g/mol. The summed E-state index contributed by atoms with van der Waals surface area (Å²) in [5.41, 5.74) is 11.8. The molecule has 3 heteroatoms. The molecule has 7 rings (SSSR count). The van der Waals surface area contributed by atoms with Crippen LogP contribution in [0, 0.1) is 6.92 Å². The van der Waals surface area contributed by atoms with E-state index in [-0.39, 0.29) is 5.41 Å². The molecule has 0 atom stereocenters. The molecule has 0 amide bonds. The first-order valence-electron chi connectivity index (χ1n) is 13.7. The van der Waals surface area contributed by atoms with Gasteiger partial charge in [0.1, 0.15) is 0 Å². The first-order chi connectivity index (χ1) is 19.5. The number of hydrogen-bond donors (Lipinski definition) is 0. The minimum atomic E-state index is -0.0991. The molecule has 1 heterocycles. The summed E-state index contributed by atoms with van der Waals surface area (Å²) in [6.45, 7) is 6.78. The van der Waals surface area contributed by atoms with E-state index in [2.05, 4.69) is 106 Å². The van der Waals surface area contributed by atoms with Gasteiger partial charge in [0.25, 0.3) is 0 Å².